The molecule has 2 aromatic rings. The monoisotopic (exact) mass is 285 g/mol. The summed E-state index contributed by atoms with van der Waals surface area (Å²) in [5.74, 6) is 0.496. The molecule has 0 amide bonds. The van der Waals surface area contributed by atoms with Gasteiger partial charge >= 0.3 is 0 Å². The van der Waals surface area contributed by atoms with E-state index < -0.39 is 4.92 Å². The van der Waals surface area contributed by atoms with Gasteiger partial charge in [-0.2, -0.15) is 4.37 Å². The van der Waals surface area contributed by atoms with Crippen LogP contribution >= 0.6 is 27.5 Å². The Balaban J connectivity index is 2.45. The van der Waals surface area contributed by atoms with Crippen molar-refractivity contribution in [2.24, 2.45) is 0 Å². The summed E-state index contributed by atoms with van der Waals surface area (Å²) in [6.45, 7) is 0. The Hall–Kier alpha value is -1.34. The van der Waals surface area contributed by atoms with E-state index in [2.05, 4.69) is 25.3 Å². The number of nitro groups is 1. The second-order valence-electron chi connectivity index (χ2n) is 2.68. The average molecular weight is 286 g/mol. The molecule has 0 aliphatic carbocycles. The first kappa shape index (κ1) is 10.2. The second-order valence-corrected chi connectivity index (χ2v) is 4.71. The molecule has 0 saturated carbocycles. The highest BCUT2D eigenvalue weighted by Crippen LogP contribution is 2.24. The molecule has 1 heterocycles. The Morgan fingerprint density at radius 3 is 2.87 bits per heavy atom. The van der Waals surface area contributed by atoms with Crippen molar-refractivity contribution in [3.63, 3.8) is 0 Å². The molecule has 0 atom stereocenters. The van der Waals surface area contributed by atoms with E-state index in [0.29, 0.717) is 15.3 Å². The first-order valence-electron chi connectivity index (χ1n) is 3.91. The van der Waals surface area contributed by atoms with Gasteiger partial charge < -0.3 is 0 Å². The van der Waals surface area contributed by atoms with Crippen LogP contribution in [-0.2, 0) is 0 Å². The molecule has 0 N–H and O–H groups in total. The van der Waals surface area contributed by atoms with Crippen LogP contribution in [0, 0.1) is 10.1 Å². The lowest BCUT2D eigenvalue weighted by atomic mass is 10.2. The Morgan fingerprint density at radius 1 is 1.47 bits per heavy atom. The van der Waals surface area contributed by atoms with E-state index in [1.165, 1.54) is 23.7 Å². The molecular weight excluding hydrogens is 282 g/mol. The Morgan fingerprint density at radius 2 is 2.27 bits per heavy atom. The van der Waals surface area contributed by atoms with Crippen LogP contribution in [0.25, 0.3) is 11.4 Å². The number of benzene rings is 1. The van der Waals surface area contributed by atoms with Gasteiger partial charge in [0.25, 0.3) is 5.69 Å². The molecule has 0 unspecified atom stereocenters. The van der Waals surface area contributed by atoms with E-state index in [0.717, 1.165) is 0 Å². The van der Waals surface area contributed by atoms with Crippen LogP contribution in [-0.4, -0.2) is 14.3 Å². The molecule has 7 heteroatoms. The lowest BCUT2D eigenvalue weighted by molar-refractivity contribution is -0.384. The van der Waals surface area contributed by atoms with Crippen molar-refractivity contribution in [1.82, 2.24) is 9.36 Å². The van der Waals surface area contributed by atoms with E-state index in [9.17, 15) is 10.1 Å². The summed E-state index contributed by atoms with van der Waals surface area (Å²) < 4.78 is 4.70. The fourth-order valence-corrected chi connectivity index (χ4v) is 1.90. The third-order valence-corrected chi connectivity index (χ3v) is 2.83. The zero-order valence-corrected chi connectivity index (χ0v) is 9.66. The first-order chi connectivity index (χ1) is 7.16. The minimum Gasteiger partial charge on any atom is -0.258 e. The van der Waals surface area contributed by atoms with Crippen LogP contribution in [0.15, 0.2) is 28.2 Å². The van der Waals surface area contributed by atoms with Gasteiger partial charge in [0, 0.05) is 17.7 Å². The van der Waals surface area contributed by atoms with Gasteiger partial charge in [-0.1, -0.05) is 12.1 Å². The van der Waals surface area contributed by atoms with Crippen LogP contribution in [0.2, 0.25) is 0 Å². The van der Waals surface area contributed by atoms with Gasteiger partial charge in [-0.25, -0.2) is 4.98 Å². The zero-order chi connectivity index (χ0) is 10.8. The molecule has 15 heavy (non-hydrogen) atoms. The van der Waals surface area contributed by atoms with Crippen LogP contribution < -0.4 is 0 Å². The van der Waals surface area contributed by atoms with E-state index in [1.807, 2.05) is 0 Å². The number of halogens is 1. The molecule has 0 bridgehead atoms. The van der Waals surface area contributed by atoms with Crippen molar-refractivity contribution >= 4 is 33.1 Å². The maximum atomic E-state index is 10.5. The average Bonchev–Trinajstić information content (AvgIpc) is 2.65. The highest BCUT2D eigenvalue weighted by Gasteiger charge is 2.10. The lowest BCUT2D eigenvalue weighted by Crippen LogP contribution is -1.88. The van der Waals surface area contributed by atoms with Crippen molar-refractivity contribution < 1.29 is 4.92 Å². The summed E-state index contributed by atoms with van der Waals surface area (Å²) in [4.78, 5) is 14.2. The summed E-state index contributed by atoms with van der Waals surface area (Å²) >= 11 is 4.39. The molecule has 1 aromatic heterocycles. The number of aromatic nitrogens is 2. The maximum Gasteiger partial charge on any atom is 0.270 e. The summed E-state index contributed by atoms with van der Waals surface area (Å²) in [6.07, 6.45) is 0. The van der Waals surface area contributed by atoms with Gasteiger partial charge in [-0.3, -0.25) is 10.1 Å². The van der Waals surface area contributed by atoms with Gasteiger partial charge in [0.1, 0.15) is 0 Å². The highest BCUT2D eigenvalue weighted by molar-refractivity contribution is 9.11. The minimum absolute atomic E-state index is 0.0402. The molecule has 0 spiro atoms. The first-order valence-corrected chi connectivity index (χ1v) is 5.47. The third kappa shape index (κ3) is 2.18. The van der Waals surface area contributed by atoms with Crippen LogP contribution in [0.5, 0.6) is 0 Å². The van der Waals surface area contributed by atoms with Gasteiger partial charge in [-0.15, -0.1) is 0 Å². The van der Waals surface area contributed by atoms with Crippen molar-refractivity contribution in [1.29, 1.82) is 0 Å². The van der Waals surface area contributed by atoms with Crippen LogP contribution in [0.3, 0.4) is 0 Å². The summed E-state index contributed by atoms with van der Waals surface area (Å²) in [5, 5.41) is 10.5. The SMILES string of the molecule is O=[N+]([O-])c1cccc(-c2nsc(Br)n2)c1. The van der Waals surface area contributed by atoms with Crippen LogP contribution in [0.4, 0.5) is 5.69 Å². The lowest BCUT2D eigenvalue weighted by Gasteiger charge is -1.94. The van der Waals surface area contributed by atoms with E-state index in [1.54, 1.807) is 12.1 Å². The number of nitrogens with zero attached hydrogens (tertiary/aromatic N) is 3. The normalized spacial score (nSPS) is 10.2. The largest absolute Gasteiger partial charge is 0.270 e. The molecule has 2 rings (SSSR count). The highest BCUT2D eigenvalue weighted by atomic mass is 79.9. The Kier molecular flexibility index (Phi) is 2.74. The molecule has 0 saturated heterocycles. The number of rotatable bonds is 2. The molecule has 0 radical (unpaired) electrons. The predicted octanol–water partition coefficient (Wildman–Crippen LogP) is 2.88. The molecule has 1 aromatic carbocycles. The zero-order valence-electron chi connectivity index (χ0n) is 7.25. The Labute approximate surface area is 97.2 Å². The predicted molar refractivity (Wildman–Crippen MR) is 59.7 cm³/mol. The third-order valence-electron chi connectivity index (χ3n) is 1.72. The second kappa shape index (κ2) is 4.03. The standard InChI is InChI=1S/C8H4BrN3O2S/c9-8-10-7(11-15-8)5-2-1-3-6(4-5)12(13)14/h1-4H. The van der Waals surface area contributed by atoms with Crippen molar-refractivity contribution in [3.05, 3.63) is 38.3 Å². The van der Waals surface area contributed by atoms with Crippen molar-refractivity contribution in [2.45, 2.75) is 0 Å². The fourth-order valence-electron chi connectivity index (χ4n) is 1.08. The van der Waals surface area contributed by atoms with Crippen LogP contribution in [0.1, 0.15) is 0 Å². The number of non-ortho nitro benzene ring substituents is 1. The quantitative estimate of drug-likeness (QED) is 0.628. The van der Waals surface area contributed by atoms with E-state index in [-0.39, 0.29) is 5.69 Å². The van der Waals surface area contributed by atoms with E-state index >= 15 is 0 Å². The molecule has 5 nitrogen and oxygen atoms in total. The number of nitro benzene ring substituents is 1. The Bertz CT molecular complexity index is 514. The molecule has 0 aliphatic heterocycles. The number of hydrogen-bond acceptors (Lipinski definition) is 5. The smallest absolute Gasteiger partial charge is 0.258 e. The summed E-state index contributed by atoms with van der Waals surface area (Å²) in [5.41, 5.74) is 0.685. The van der Waals surface area contributed by atoms with Gasteiger partial charge in [-0.05, 0) is 27.5 Å². The number of hydrogen-bond donors (Lipinski definition) is 0. The summed E-state index contributed by atoms with van der Waals surface area (Å²) in [7, 11) is 0. The van der Waals surface area contributed by atoms with E-state index in [4.69, 9.17) is 0 Å². The van der Waals surface area contributed by atoms with Gasteiger partial charge in [0.05, 0.1) is 4.92 Å². The molecule has 0 fully saturated rings. The fraction of sp³-hybridized carbons (Fsp3) is 0. The maximum absolute atomic E-state index is 10.5. The molecular formula is C8H4BrN3O2S. The van der Waals surface area contributed by atoms with Gasteiger partial charge in [0.15, 0.2) is 9.74 Å². The van der Waals surface area contributed by atoms with Gasteiger partial charge in [0.2, 0.25) is 0 Å². The summed E-state index contributed by atoms with van der Waals surface area (Å²) in [6, 6.07) is 6.24. The van der Waals surface area contributed by atoms with Crippen molar-refractivity contribution in [2.75, 3.05) is 0 Å². The van der Waals surface area contributed by atoms with Crippen molar-refractivity contribution in [3.8, 4) is 11.4 Å². The topological polar surface area (TPSA) is 68.9 Å². The molecule has 76 valence electrons. The minimum atomic E-state index is -0.440. The molecule has 0 aliphatic rings.